The Morgan fingerprint density at radius 3 is 2.14 bits per heavy atom. The van der Waals surface area contributed by atoms with Crippen LogP contribution < -0.4 is 31.7 Å². The fourth-order valence-electron chi connectivity index (χ4n) is 5.28. The van der Waals surface area contributed by atoms with Gasteiger partial charge in [0.1, 0.15) is 41.9 Å². The van der Waals surface area contributed by atoms with E-state index in [0.29, 0.717) is 5.56 Å². The summed E-state index contributed by atoms with van der Waals surface area (Å²) in [5.41, 5.74) is 5.48. The van der Waals surface area contributed by atoms with Gasteiger partial charge in [0.05, 0.1) is 25.5 Å². The second kappa shape index (κ2) is 23.7. The number of anilines is 1. The van der Waals surface area contributed by atoms with Gasteiger partial charge < -0.3 is 71.5 Å². The lowest BCUT2D eigenvalue weighted by atomic mass is 9.99. The van der Waals surface area contributed by atoms with E-state index in [9.17, 15) is 54.3 Å². The predicted molar refractivity (Wildman–Crippen MR) is 201 cm³/mol. The van der Waals surface area contributed by atoms with Crippen LogP contribution in [0, 0.1) is 17.8 Å². The van der Waals surface area contributed by atoms with Crippen LogP contribution in [0.15, 0.2) is 18.2 Å². The number of carbonyl (C=O) groups excluding carboxylic acids is 5. The molecule has 20 nitrogen and oxygen atoms in total. The quantitative estimate of drug-likeness (QED) is 0.0464. The Morgan fingerprint density at radius 1 is 0.877 bits per heavy atom. The molecular formula is C37H59N5O15. The number of carboxylic acid groups (broad SMARTS) is 1. The van der Waals surface area contributed by atoms with Crippen LogP contribution in [0.1, 0.15) is 72.8 Å². The van der Waals surface area contributed by atoms with E-state index < -0.39 is 84.7 Å². The van der Waals surface area contributed by atoms with Gasteiger partial charge in [-0.2, -0.15) is 0 Å². The van der Waals surface area contributed by atoms with Gasteiger partial charge in [0.15, 0.2) is 12.4 Å². The Morgan fingerprint density at radius 2 is 1.54 bits per heavy atom. The number of urea groups is 1. The summed E-state index contributed by atoms with van der Waals surface area (Å²) in [5, 5.41) is 61.1. The number of Topliss-reactive ketones (excluding diaryl/α,β-unsaturated/α-hetero) is 1. The Balaban J connectivity index is 2.33. The number of nitrogens with two attached hydrogens (primary N) is 1. The Hall–Kier alpha value is -4.44. The molecule has 1 aliphatic heterocycles. The van der Waals surface area contributed by atoms with Crippen molar-refractivity contribution < 1.29 is 73.2 Å². The molecule has 1 aromatic carbocycles. The first kappa shape index (κ1) is 48.7. The lowest BCUT2D eigenvalue weighted by Gasteiger charge is -2.38. The number of carbonyl (C=O) groups is 6. The number of aliphatic hydroxyl groups excluding tert-OH is 4. The van der Waals surface area contributed by atoms with Gasteiger partial charge in [0, 0.05) is 31.2 Å². The summed E-state index contributed by atoms with van der Waals surface area (Å²) < 4.78 is 22.0. The van der Waals surface area contributed by atoms with Crippen LogP contribution in [0.4, 0.5) is 10.5 Å². The zero-order valence-corrected chi connectivity index (χ0v) is 33.1. The third-order valence-corrected chi connectivity index (χ3v) is 8.83. The molecule has 1 fully saturated rings. The summed E-state index contributed by atoms with van der Waals surface area (Å²) >= 11 is 0. The van der Waals surface area contributed by atoms with E-state index in [0.717, 1.165) is 0 Å². The summed E-state index contributed by atoms with van der Waals surface area (Å²) in [7, 11) is 0. The molecule has 20 heteroatoms. The lowest BCUT2D eigenvalue weighted by Crippen LogP contribution is -2.61. The molecule has 2 rings (SSSR count). The molecule has 322 valence electrons. The number of amides is 5. The van der Waals surface area contributed by atoms with Gasteiger partial charge in [-0.1, -0.05) is 47.6 Å². The van der Waals surface area contributed by atoms with Crippen molar-refractivity contribution in [2.45, 2.75) is 123 Å². The van der Waals surface area contributed by atoms with Gasteiger partial charge in [0.2, 0.25) is 24.0 Å². The van der Waals surface area contributed by atoms with E-state index in [-0.39, 0.29) is 81.1 Å². The van der Waals surface area contributed by atoms with Crippen LogP contribution in [-0.2, 0) is 44.8 Å². The molecule has 1 saturated heterocycles. The average molecular weight is 814 g/mol. The molecule has 1 heterocycles. The lowest BCUT2D eigenvalue weighted by molar-refractivity contribution is -0.271. The number of aliphatic carboxylic acids is 1. The normalized spacial score (nSPS) is 21.0. The first-order chi connectivity index (χ1) is 26.7. The summed E-state index contributed by atoms with van der Waals surface area (Å²) in [6, 6.07) is 1.04. The van der Waals surface area contributed by atoms with Crippen LogP contribution in [0.5, 0.6) is 5.75 Å². The smallest absolute Gasteiger partial charge is 0.335 e. The van der Waals surface area contributed by atoms with Crippen LogP contribution in [-0.4, -0.2) is 130 Å². The Bertz CT molecular complexity index is 1510. The van der Waals surface area contributed by atoms with Crippen LogP contribution >= 0.6 is 0 Å². The SMILES string of the molecule is CC(C)C(=O)CCOCCC(=O)N[C@H](C(=O)N[C@@H](CCCNC(N)=O)C(=O)Nc1ccc(COC(O)C(C)C)cc1O[C@@H]1O[C@H](C(=O)O)[C@@H](O)[C@H](O)[C@H]1O)C(C)C. The molecule has 0 aromatic heterocycles. The molecule has 11 N–H and O–H groups in total. The number of ether oxygens (including phenoxy) is 4. The van der Waals surface area contributed by atoms with Crippen molar-refractivity contribution in [1.29, 1.82) is 0 Å². The topological polar surface area (TPSA) is 315 Å². The minimum Gasteiger partial charge on any atom is -0.479 e. The molecule has 0 saturated carbocycles. The average Bonchev–Trinajstić information content (AvgIpc) is 3.14. The van der Waals surface area contributed by atoms with E-state index in [1.54, 1.807) is 41.5 Å². The van der Waals surface area contributed by atoms with Gasteiger partial charge in [-0.05, 0) is 36.5 Å². The van der Waals surface area contributed by atoms with E-state index in [4.69, 9.17) is 24.7 Å². The molecule has 1 aliphatic rings. The molecule has 0 radical (unpaired) electrons. The van der Waals surface area contributed by atoms with Crippen molar-refractivity contribution in [3.63, 3.8) is 0 Å². The maximum atomic E-state index is 13.9. The predicted octanol–water partition coefficient (Wildman–Crippen LogP) is -0.517. The molecule has 57 heavy (non-hydrogen) atoms. The van der Waals surface area contributed by atoms with Gasteiger partial charge in [0.25, 0.3) is 0 Å². The molecule has 0 aliphatic carbocycles. The fraction of sp³-hybridized carbons (Fsp3) is 0.676. The second-order valence-electron chi connectivity index (χ2n) is 14.6. The molecule has 0 spiro atoms. The zero-order chi connectivity index (χ0) is 43.0. The van der Waals surface area contributed by atoms with Crippen LogP contribution in [0.2, 0.25) is 0 Å². The highest BCUT2D eigenvalue weighted by atomic mass is 16.7. The maximum Gasteiger partial charge on any atom is 0.335 e. The maximum absolute atomic E-state index is 13.9. The third kappa shape index (κ3) is 16.1. The molecule has 1 aromatic rings. The first-order valence-electron chi connectivity index (χ1n) is 18.8. The van der Waals surface area contributed by atoms with Crippen molar-refractivity contribution in [3.05, 3.63) is 23.8 Å². The van der Waals surface area contributed by atoms with E-state index in [1.807, 2.05) is 0 Å². The molecule has 1 unspecified atom stereocenters. The number of carboxylic acids is 1. The van der Waals surface area contributed by atoms with E-state index in [1.165, 1.54) is 18.2 Å². The van der Waals surface area contributed by atoms with Crippen molar-refractivity contribution in [2.75, 3.05) is 25.1 Å². The monoisotopic (exact) mass is 813 g/mol. The van der Waals surface area contributed by atoms with Crippen molar-refractivity contribution in [1.82, 2.24) is 16.0 Å². The van der Waals surface area contributed by atoms with Gasteiger partial charge in [-0.3, -0.25) is 19.2 Å². The molecule has 8 atom stereocenters. The Kier molecular flexibility index (Phi) is 20.3. The highest BCUT2D eigenvalue weighted by Gasteiger charge is 2.48. The number of hydrogen-bond donors (Lipinski definition) is 10. The number of rotatable bonds is 24. The van der Waals surface area contributed by atoms with Gasteiger partial charge in [-0.25, -0.2) is 9.59 Å². The molecular weight excluding hydrogens is 754 g/mol. The molecule has 0 bridgehead atoms. The summed E-state index contributed by atoms with van der Waals surface area (Å²) in [6.45, 7) is 10.4. The van der Waals surface area contributed by atoms with Crippen molar-refractivity contribution in [3.8, 4) is 5.75 Å². The Labute approximate surface area is 331 Å². The van der Waals surface area contributed by atoms with Crippen molar-refractivity contribution in [2.24, 2.45) is 23.5 Å². The van der Waals surface area contributed by atoms with E-state index in [2.05, 4.69) is 21.3 Å². The van der Waals surface area contributed by atoms with E-state index >= 15 is 0 Å². The van der Waals surface area contributed by atoms with Crippen LogP contribution in [0.3, 0.4) is 0 Å². The zero-order valence-electron chi connectivity index (χ0n) is 33.1. The number of ketones is 1. The molecule has 5 amide bonds. The second-order valence-corrected chi connectivity index (χ2v) is 14.6. The standard InChI is InChI=1S/C37H59N5O15/c1-18(2)24(43)11-14-54-15-12-26(44)42-27(19(3)4)33(49)41-23(8-7-13-39-37(38)53)32(48)40-22-10-9-21(17-55-35(52)20(5)6)16-25(22)56-36-30(47)28(45)29(46)31(57-36)34(50)51/h9-10,16,18-20,23,27-31,35-36,45-47,52H,7-8,11-15,17H2,1-6H3,(H,40,48)(H,41,49)(H,42,44)(H,50,51)(H3,38,39,53)/t23-,27-,28-,29-,30+,31-,35?,36+/m0/s1. The number of aliphatic hydroxyl groups is 4. The van der Waals surface area contributed by atoms with Crippen molar-refractivity contribution >= 4 is 41.2 Å². The highest BCUT2D eigenvalue weighted by Crippen LogP contribution is 2.32. The number of hydrogen-bond acceptors (Lipinski definition) is 14. The minimum absolute atomic E-state index is 0.00853. The summed E-state index contributed by atoms with van der Waals surface area (Å²) in [5.74, 6) is -4.68. The highest BCUT2D eigenvalue weighted by molar-refractivity contribution is 5.99. The fourth-order valence-corrected chi connectivity index (χ4v) is 5.28. The summed E-state index contributed by atoms with van der Waals surface area (Å²) in [4.78, 5) is 75.1. The largest absolute Gasteiger partial charge is 0.479 e. The number of benzene rings is 1. The summed E-state index contributed by atoms with van der Waals surface area (Å²) in [6.07, 6.45) is -10.7. The third-order valence-electron chi connectivity index (χ3n) is 8.83. The number of nitrogens with one attached hydrogen (secondary N) is 4. The van der Waals surface area contributed by atoms with Crippen LogP contribution in [0.25, 0.3) is 0 Å². The van der Waals surface area contributed by atoms with Gasteiger partial charge >= 0.3 is 12.0 Å². The first-order valence-corrected chi connectivity index (χ1v) is 18.8. The van der Waals surface area contributed by atoms with Gasteiger partial charge in [-0.15, -0.1) is 0 Å². The minimum atomic E-state index is -2.00. The number of primary amides is 1.